The predicted molar refractivity (Wildman–Crippen MR) is 75.6 cm³/mol. The Hall–Kier alpha value is -0.530. The number of carboxylic acid groups (broad SMARTS) is 1. The quantitative estimate of drug-likeness (QED) is 0.723. The number of aliphatic carboxylic acids is 1. The van der Waals surface area contributed by atoms with Gasteiger partial charge >= 0.3 is 0 Å². The van der Waals surface area contributed by atoms with E-state index in [4.69, 9.17) is 0 Å². The molecule has 2 rings (SSSR count). The summed E-state index contributed by atoms with van der Waals surface area (Å²) in [6.45, 7) is 0. The maximum atomic E-state index is 11.7. The lowest BCUT2D eigenvalue weighted by molar-refractivity contribution is -0.316. The fraction of sp³-hybridized carbons (Fsp3) is 0.941. The molecular formula is C17H29O2-. The minimum atomic E-state index is -0.763. The first-order valence-corrected chi connectivity index (χ1v) is 8.45. The van der Waals surface area contributed by atoms with Gasteiger partial charge in [0.15, 0.2) is 0 Å². The van der Waals surface area contributed by atoms with E-state index >= 15 is 0 Å². The summed E-state index contributed by atoms with van der Waals surface area (Å²) in [6.07, 6.45) is 16.8. The van der Waals surface area contributed by atoms with E-state index in [-0.39, 0.29) is 11.3 Å². The van der Waals surface area contributed by atoms with Gasteiger partial charge in [0.25, 0.3) is 0 Å². The summed E-state index contributed by atoms with van der Waals surface area (Å²) in [4.78, 5) is 11.7. The molecule has 0 heterocycles. The van der Waals surface area contributed by atoms with Crippen molar-refractivity contribution >= 4 is 5.97 Å². The van der Waals surface area contributed by atoms with Crippen molar-refractivity contribution < 1.29 is 9.90 Å². The molecule has 0 aromatic carbocycles. The van der Waals surface area contributed by atoms with Gasteiger partial charge in [0.05, 0.1) is 0 Å². The second-order valence-corrected chi connectivity index (χ2v) is 6.81. The number of hydrogen-bond donors (Lipinski definition) is 0. The molecule has 110 valence electrons. The zero-order valence-electron chi connectivity index (χ0n) is 12.3. The molecule has 0 radical (unpaired) electrons. The van der Waals surface area contributed by atoms with Gasteiger partial charge in [-0.1, -0.05) is 64.2 Å². The fourth-order valence-corrected chi connectivity index (χ4v) is 4.41. The van der Waals surface area contributed by atoms with Crippen molar-refractivity contribution in [2.75, 3.05) is 0 Å². The van der Waals surface area contributed by atoms with E-state index in [2.05, 4.69) is 0 Å². The Labute approximate surface area is 118 Å². The molecule has 1 unspecified atom stereocenters. The molecule has 1 atom stereocenters. The van der Waals surface area contributed by atoms with Gasteiger partial charge in [-0.3, -0.25) is 0 Å². The van der Waals surface area contributed by atoms with Crippen LogP contribution in [0.1, 0.15) is 89.9 Å². The van der Waals surface area contributed by atoms with Crippen LogP contribution in [0, 0.1) is 11.3 Å². The lowest BCUT2D eigenvalue weighted by atomic mass is 9.62. The predicted octanol–water partition coefficient (Wildman–Crippen LogP) is 3.83. The Morgan fingerprint density at radius 2 is 1.16 bits per heavy atom. The molecule has 2 nitrogen and oxygen atoms in total. The highest BCUT2D eigenvalue weighted by atomic mass is 16.4. The molecule has 2 aliphatic carbocycles. The Morgan fingerprint density at radius 1 is 0.737 bits per heavy atom. The number of carbonyl (C=O) groups is 1. The summed E-state index contributed by atoms with van der Waals surface area (Å²) in [5, 5.41) is 11.7. The maximum absolute atomic E-state index is 11.7. The minimum absolute atomic E-state index is 0.0847. The Kier molecular flexibility index (Phi) is 5.72. The van der Waals surface area contributed by atoms with Crippen LogP contribution in [-0.2, 0) is 4.79 Å². The summed E-state index contributed by atoms with van der Waals surface area (Å²) in [5.41, 5.74) is 0.0847. The minimum Gasteiger partial charge on any atom is -0.550 e. The van der Waals surface area contributed by atoms with Gasteiger partial charge in [-0.05, 0) is 31.1 Å². The largest absolute Gasteiger partial charge is 0.550 e. The smallest absolute Gasteiger partial charge is 0.0450 e. The van der Waals surface area contributed by atoms with Crippen LogP contribution in [0.4, 0.5) is 0 Å². The van der Waals surface area contributed by atoms with Crippen LogP contribution in [0.3, 0.4) is 0 Å². The maximum Gasteiger partial charge on any atom is 0.0450 e. The fourth-order valence-electron chi connectivity index (χ4n) is 4.41. The molecule has 2 heteroatoms. The van der Waals surface area contributed by atoms with Crippen molar-refractivity contribution in [3.8, 4) is 0 Å². The van der Waals surface area contributed by atoms with E-state index in [0.29, 0.717) is 0 Å². The number of rotatable bonds is 1. The monoisotopic (exact) mass is 265 g/mol. The molecule has 0 aromatic heterocycles. The topological polar surface area (TPSA) is 40.1 Å². The molecule has 0 saturated heterocycles. The second-order valence-electron chi connectivity index (χ2n) is 6.81. The normalized spacial score (nSPS) is 29.6. The Morgan fingerprint density at radius 3 is 1.68 bits per heavy atom. The van der Waals surface area contributed by atoms with Crippen LogP contribution in [0.25, 0.3) is 0 Å². The van der Waals surface area contributed by atoms with Crippen LogP contribution in [0.5, 0.6) is 0 Å². The van der Waals surface area contributed by atoms with Gasteiger partial charge in [0, 0.05) is 11.9 Å². The highest BCUT2D eigenvalue weighted by Crippen LogP contribution is 2.48. The first-order chi connectivity index (χ1) is 9.25. The number of hydrogen-bond acceptors (Lipinski definition) is 2. The van der Waals surface area contributed by atoms with E-state index in [9.17, 15) is 9.90 Å². The van der Waals surface area contributed by atoms with E-state index in [1.54, 1.807) is 0 Å². The lowest BCUT2D eigenvalue weighted by Gasteiger charge is -2.45. The van der Waals surface area contributed by atoms with Crippen LogP contribution in [-0.4, -0.2) is 5.97 Å². The summed E-state index contributed by atoms with van der Waals surface area (Å²) in [5.74, 6) is -0.938. The van der Waals surface area contributed by atoms with Crippen molar-refractivity contribution in [3.05, 3.63) is 0 Å². The van der Waals surface area contributed by atoms with E-state index in [1.165, 1.54) is 57.8 Å². The SMILES string of the molecule is O=C([O-])C1CCCCCCCCCC12CCCCC2. The van der Waals surface area contributed by atoms with Gasteiger partial charge in [-0.25, -0.2) is 0 Å². The van der Waals surface area contributed by atoms with Crippen LogP contribution in [0.15, 0.2) is 0 Å². The van der Waals surface area contributed by atoms with E-state index in [0.717, 1.165) is 32.1 Å². The molecule has 2 fully saturated rings. The van der Waals surface area contributed by atoms with Crippen LogP contribution >= 0.6 is 0 Å². The van der Waals surface area contributed by atoms with E-state index in [1.807, 2.05) is 0 Å². The molecule has 0 bridgehead atoms. The van der Waals surface area contributed by atoms with Gasteiger partial charge in [-0.2, -0.15) is 0 Å². The van der Waals surface area contributed by atoms with Gasteiger partial charge < -0.3 is 9.90 Å². The van der Waals surface area contributed by atoms with Crippen molar-refractivity contribution in [3.63, 3.8) is 0 Å². The molecular weight excluding hydrogens is 236 g/mol. The molecule has 0 N–H and O–H groups in total. The van der Waals surface area contributed by atoms with Gasteiger partial charge in [-0.15, -0.1) is 0 Å². The van der Waals surface area contributed by atoms with Crippen molar-refractivity contribution in [1.82, 2.24) is 0 Å². The molecule has 0 amide bonds. The number of carbonyl (C=O) groups excluding carboxylic acids is 1. The average molecular weight is 265 g/mol. The first-order valence-electron chi connectivity index (χ1n) is 8.45. The summed E-state index contributed by atoms with van der Waals surface area (Å²) >= 11 is 0. The third kappa shape index (κ3) is 3.97. The lowest BCUT2D eigenvalue weighted by Crippen LogP contribution is -2.44. The zero-order valence-corrected chi connectivity index (χ0v) is 12.3. The Bertz CT molecular complexity index is 279. The van der Waals surface area contributed by atoms with Crippen molar-refractivity contribution in [2.45, 2.75) is 89.9 Å². The third-order valence-electron chi connectivity index (χ3n) is 5.54. The summed E-state index contributed by atoms with van der Waals surface area (Å²) < 4.78 is 0. The first kappa shape index (κ1) is 14.9. The average Bonchev–Trinajstić information content (AvgIpc) is 2.45. The van der Waals surface area contributed by atoms with Crippen LogP contribution in [0.2, 0.25) is 0 Å². The summed E-state index contributed by atoms with van der Waals surface area (Å²) in [6, 6.07) is 0. The van der Waals surface area contributed by atoms with Crippen LogP contribution < -0.4 is 5.11 Å². The van der Waals surface area contributed by atoms with E-state index < -0.39 is 5.97 Å². The van der Waals surface area contributed by atoms with Crippen molar-refractivity contribution in [1.29, 1.82) is 0 Å². The highest BCUT2D eigenvalue weighted by Gasteiger charge is 2.39. The molecule has 0 aliphatic heterocycles. The summed E-state index contributed by atoms with van der Waals surface area (Å²) in [7, 11) is 0. The molecule has 1 spiro atoms. The molecule has 19 heavy (non-hydrogen) atoms. The standard InChI is InChI=1S/C17H30O2/c18-16(19)15-11-7-4-2-1-3-5-8-12-17(15)13-9-6-10-14-17/h15H,1-14H2,(H,18,19)/p-1. The number of carboxylic acids is 1. The van der Waals surface area contributed by atoms with Crippen molar-refractivity contribution in [2.24, 2.45) is 11.3 Å². The van der Waals surface area contributed by atoms with Gasteiger partial charge in [0.1, 0.15) is 0 Å². The van der Waals surface area contributed by atoms with Gasteiger partial charge in [0.2, 0.25) is 0 Å². The third-order valence-corrected chi connectivity index (χ3v) is 5.54. The second kappa shape index (κ2) is 7.31. The molecule has 2 saturated carbocycles. The highest BCUT2D eigenvalue weighted by molar-refractivity contribution is 5.68. The molecule has 2 aliphatic rings. The molecule has 0 aromatic rings. The Balaban J connectivity index is 2.11. The zero-order chi connectivity index (χ0) is 13.6.